The van der Waals surface area contributed by atoms with Crippen LogP contribution in [0.15, 0.2) is 164 Å². The maximum atomic E-state index is 5.11. The zero-order chi connectivity index (χ0) is 33.7. The molecule has 2 heteroatoms. The smallest absolute Gasteiger partial charge is 0.141 e. The Bertz CT molecular complexity index is 2840. The zero-order valence-electron chi connectivity index (χ0n) is 28.4. The molecule has 240 valence electrons. The van der Waals surface area contributed by atoms with Gasteiger partial charge in [0.15, 0.2) is 0 Å². The minimum absolute atomic E-state index is 0.402. The summed E-state index contributed by atoms with van der Waals surface area (Å²) in [6.45, 7) is 3.17. The van der Waals surface area contributed by atoms with Crippen molar-refractivity contribution in [3.8, 4) is 44.8 Å². The summed E-state index contributed by atoms with van der Waals surface area (Å²) in [6.07, 6.45) is 1.05. The van der Waals surface area contributed by atoms with Crippen LogP contribution in [0.1, 0.15) is 35.6 Å². The second kappa shape index (κ2) is 10.6. The molecule has 9 aromatic rings. The van der Waals surface area contributed by atoms with Crippen molar-refractivity contribution in [2.45, 2.75) is 25.3 Å². The average molecular weight is 651 g/mol. The summed E-state index contributed by atoms with van der Waals surface area (Å²) in [7, 11) is 0. The molecule has 0 unspecified atom stereocenters. The Morgan fingerprint density at radius 3 is 2.04 bits per heavy atom. The van der Waals surface area contributed by atoms with Crippen molar-refractivity contribution in [2.24, 2.45) is 0 Å². The third-order valence-electron chi connectivity index (χ3n) is 11.5. The molecular formula is C49H34N2. The van der Waals surface area contributed by atoms with E-state index in [-0.39, 0.29) is 0 Å². The van der Waals surface area contributed by atoms with Gasteiger partial charge in [-0.1, -0.05) is 134 Å². The van der Waals surface area contributed by atoms with E-state index in [0.717, 1.165) is 29.9 Å². The Morgan fingerprint density at radius 1 is 0.490 bits per heavy atom. The third kappa shape index (κ3) is 3.85. The minimum Gasteiger partial charge on any atom is -0.324 e. The summed E-state index contributed by atoms with van der Waals surface area (Å²) in [5.41, 5.74) is 16.3. The highest BCUT2D eigenvalue weighted by atomic mass is 15.1. The van der Waals surface area contributed by atoms with Gasteiger partial charge < -0.3 is 4.57 Å². The van der Waals surface area contributed by atoms with E-state index in [1.54, 1.807) is 0 Å². The first kappa shape index (κ1) is 28.6. The van der Waals surface area contributed by atoms with E-state index in [9.17, 15) is 0 Å². The van der Waals surface area contributed by atoms with Crippen LogP contribution in [0.2, 0.25) is 0 Å². The highest BCUT2D eigenvalue weighted by Crippen LogP contribution is 2.64. The van der Waals surface area contributed by atoms with Crippen LogP contribution in [0.3, 0.4) is 0 Å². The van der Waals surface area contributed by atoms with Crippen LogP contribution in [0, 0.1) is 0 Å². The fourth-order valence-electron chi connectivity index (χ4n) is 9.42. The molecule has 0 N–H and O–H groups in total. The Balaban J connectivity index is 1.14. The van der Waals surface area contributed by atoms with E-state index in [2.05, 4.69) is 175 Å². The number of nitrogens with zero attached hydrogens (tertiary/aromatic N) is 2. The van der Waals surface area contributed by atoms with Crippen molar-refractivity contribution < 1.29 is 0 Å². The topological polar surface area (TPSA) is 17.8 Å². The van der Waals surface area contributed by atoms with Gasteiger partial charge in [0.2, 0.25) is 0 Å². The van der Waals surface area contributed by atoms with Gasteiger partial charge in [-0.2, -0.15) is 0 Å². The van der Waals surface area contributed by atoms with Crippen molar-refractivity contribution >= 4 is 32.6 Å². The number of rotatable bonds is 4. The Labute approximate surface area is 297 Å². The van der Waals surface area contributed by atoms with Gasteiger partial charge in [-0.3, -0.25) is 0 Å². The fourth-order valence-corrected chi connectivity index (χ4v) is 9.42. The van der Waals surface area contributed by atoms with Gasteiger partial charge in [0.05, 0.1) is 16.4 Å². The number of aromatic nitrogens is 2. The molecule has 1 spiro atoms. The number of benzene rings is 8. The molecule has 8 aromatic carbocycles. The third-order valence-corrected chi connectivity index (χ3v) is 11.5. The lowest BCUT2D eigenvalue weighted by atomic mass is 9.69. The van der Waals surface area contributed by atoms with Crippen LogP contribution in [0.4, 0.5) is 0 Å². The summed E-state index contributed by atoms with van der Waals surface area (Å²) >= 11 is 0. The molecule has 0 bridgehead atoms. The maximum absolute atomic E-state index is 5.11. The first-order chi connectivity index (χ1) is 25.2. The van der Waals surface area contributed by atoms with Crippen LogP contribution in [0.5, 0.6) is 0 Å². The minimum atomic E-state index is -0.402. The Kier molecular flexibility index (Phi) is 5.95. The predicted octanol–water partition coefficient (Wildman–Crippen LogP) is 12.4. The number of aryl methyl sites for hydroxylation is 1. The molecule has 0 saturated carbocycles. The normalized spacial score (nSPS) is 13.5. The van der Waals surface area contributed by atoms with Crippen molar-refractivity contribution in [3.63, 3.8) is 0 Å². The maximum Gasteiger partial charge on any atom is 0.141 e. The molecule has 2 aliphatic carbocycles. The predicted molar refractivity (Wildman–Crippen MR) is 212 cm³/mol. The molecular weight excluding hydrogens is 617 g/mol. The number of para-hydroxylation sites is 2. The highest BCUT2D eigenvalue weighted by molar-refractivity contribution is 6.06. The quantitative estimate of drug-likeness (QED) is 0.185. The second-order valence-corrected chi connectivity index (χ2v) is 14.2. The first-order valence-electron chi connectivity index (χ1n) is 18.1. The van der Waals surface area contributed by atoms with E-state index in [0.29, 0.717) is 0 Å². The lowest BCUT2D eigenvalue weighted by molar-refractivity contribution is 0.704. The monoisotopic (exact) mass is 650 g/mol. The van der Waals surface area contributed by atoms with Gasteiger partial charge in [-0.25, -0.2) is 4.98 Å². The van der Waals surface area contributed by atoms with Crippen molar-refractivity contribution in [1.29, 1.82) is 0 Å². The summed E-state index contributed by atoms with van der Waals surface area (Å²) in [6, 6.07) is 61.1. The molecule has 51 heavy (non-hydrogen) atoms. The van der Waals surface area contributed by atoms with E-state index < -0.39 is 5.41 Å². The molecule has 0 atom stereocenters. The van der Waals surface area contributed by atoms with Crippen LogP contribution >= 0.6 is 0 Å². The van der Waals surface area contributed by atoms with Gasteiger partial charge in [0.25, 0.3) is 0 Å². The van der Waals surface area contributed by atoms with Crippen molar-refractivity contribution in [1.82, 2.24) is 9.55 Å². The molecule has 0 aliphatic heterocycles. The van der Waals surface area contributed by atoms with Crippen molar-refractivity contribution in [2.75, 3.05) is 0 Å². The van der Waals surface area contributed by atoms with E-state index >= 15 is 0 Å². The van der Waals surface area contributed by atoms with Crippen LogP contribution < -0.4 is 0 Å². The van der Waals surface area contributed by atoms with Crippen molar-refractivity contribution in [3.05, 3.63) is 186 Å². The lowest BCUT2D eigenvalue weighted by Gasteiger charge is -2.31. The van der Waals surface area contributed by atoms with Gasteiger partial charge in [0.1, 0.15) is 5.82 Å². The fraction of sp³-hybridized carbons (Fsp3) is 0.0816. The summed E-state index contributed by atoms with van der Waals surface area (Å²) < 4.78 is 2.37. The summed E-state index contributed by atoms with van der Waals surface area (Å²) in [5, 5.41) is 5.13. The van der Waals surface area contributed by atoms with E-state index in [4.69, 9.17) is 4.98 Å². The molecule has 0 saturated heterocycles. The summed E-state index contributed by atoms with van der Waals surface area (Å²) in [4.78, 5) is 5.11. The van der Waals surface area contributed by atoms with Crippen LogP contribution in [-0.4, -0.2) is 9.55 Å². The number of hydrogen-bond acceptors (Lipinski definition) is 1. The largest absolute Gasteiger partial charge is 0.324 e. The molecule has 2 nitrogen and oxygen atoms in total. The van der Waals surface area contributed by atoms with Gasteiger partial charge in [-0.05, 0) is 120 Å². The molecule has 1 heterocycles. The van der Waals surface area contributed by atoms with Gasteiger partial charge >= 0.3 is 0 Å². The molecule has 0 amide bonds. The molecule has 0 fully saturated rings. The number of hydrogen-bond donors (Lipinski definition) is 0. The SMILES string of the molecule is CCCn1c(-c2cccc(-c3ccc4cc5c(cc4c3)C3(c4ccccc4-c4ccccc43)c3c-5ccc4ccccc34)c2)nc2ccccc21. The Morgan fingerprint density at radius 2 is 1.20 bits per heavy atom. The molecule has 11 rings (SSSR count). The highest BCUT2D eigenvalue weighted by Gasteiger charge is 2.52. The second-order valence-electron chi connectivity index (χ2n) is 14.2. The van der Waals surface area contributed by atoms with Gasteiger partial charge in [-0.15, -0.1) is 0 Å². The van der Waals surface area contributed by atoms with E-state index in [1.807, 2.05) is 0 Å². The first-order valence-corrected chi connectivity index (χ1v) is 18.1. The van der Waals surface area contributed by atoms with Crippen LogP contribution in [0.25, 0.3) is 77.3 Å². The van der Waals surface area contributed by atoms with Gasteiger partial charge in [0, 0.05) is 12.1 Å². The number of imidazole rings is 1. The standard InChI is InChI=1S/C49H34N2/c1-2-26-51-46-21-10-9-20-45(46)50-48(51)35-14-11-13-32(27-35)33-22-23-34-29-41-40-25-24-31-12-3-4-15-37(31)47(40)49(44(41)30-36(34)28-33)42-18-7-5-16-38(42)39-17-6-8-19-43(39)49/h3-25,27-30H,2,26H2,1H3. The number of fused-ring (bicyclic) bond motifs is 14. The molecule has 0 radical (unpaired) electrons. The molecule has 2 aliphatic rings. The van der Waals surface area contributed by atoms with E-state index in [1.165, 1.54) is 82.7 Å². The lowest BCUT2D eigenvalue weighted by Crippen LogP contribution is -2.26. The van der Waals surface area contributed by atoms with Crippen LogP contribution in [-0.2, 0) is 12.0 Å². The molecule has 1 aromatic heterocycles. The average Bonchev–Trinajstić information content (AvgIpc) is 3.81. The zero-order valence-corrected chi connectivity index (χ0v) is 28.4. The Hall–Kier alpha value is -6.25. The summed E-state index contributed by atoms with van der Waals surface area (Å²) in [5.74, 6) is 1.03.